The van der Waals surface area contributed by atoms with Crippen LogP contribution < -0.4 is 9.47 Å². The first-order chi connectivity index (χ1) is 8.80. The van der Waals surface area contributed by atoms with Gasteiger partial charge >= 0.3 is 0 Å². The van der Waals surface area contributed by atoms with Crippen LogP contribution in [0.5, 0.6) is 11.5 Å². The fourth-order valence-electron chi connectivity index (χ4n) is 1.42. The molecule has 0 amide bonds. The van der Waals surface area contributed by atoms with Crippen LogP contribution in [0.2, 0.25) is 0 Å². The molecule has 0 radical (unpaired) electrons. The molecule has 0 heterocycles. The molecule has 5 heteroatoms. The quantitative estimate of drug-likeness (QED) is 0.668. The summed E-state index contributed by atoms with van der Waals surface area (Å²) in [6.07, 6.45) is 0.615. The highest BCUT2D eigenvalue weighted by Gasteiger charge is 2.06. The van der Waals surface area contributed by atoms with Crippen LogP contribution in [0.25, 0.3) is 0 Å². The molecule has 1 rings (SSSR count). The van der Waals surface area contributed by atoms with E-state index in [1.54, 1.807) is 18.9 Å². The lowest BCUT2D eigenvalue weighted by atomic mass is 10.3. The van der Waals surface area contributed by atoms with Crippen molar-refractivity contribution >= 4 is 11.8 Å². The fourth-order valence-corrected chi connectivity index (χ4v) is 2.31. The third-order valence-electron chi connectivity index (χ3n) is 2.42. The first kappa shape index (κ1) is 15.1. The largest absolute Gasteiger partial charge is 0.497 e. The Morgan fingerprint density at radius 1 is 1.17 bits per heavy atom. The number of hydrogen-bond donors (Lipinski definition) is 2. The van der Waals surface area contributed by atoms with Gasteiger partial charge in [0.2, 0.25) is 0 Å². The van der Waals surface area contributed by atoms with Gasteiger partial charge in [0.05, 0.1) is 20.3 Å². The molecule has 2 N–H and O–H groups in total. The van der Waals surface area contributed by atoms with Crippen molar-refractivity contribution in [3.63, 3.8) is 0 Å². The molecule has 0 fully saturated rings. The van der Waals surface area contributed by atoms with Crippen LogP contribution in [-0.2, 0) is 0 Å². The molecule has 4 nitrogen and oxygen atoms in total. The lowest BCUT2D eigenvalue weighted by Crippen LogP contribution is -2.13. The van der Waals surface area contributed by atoms with Gasteiger partial charge in [0.25, 0.3) is 0 Å². The monoisotopic (exact) mass is 272 g/mol. The van der Waals surface area contributed by atoms with E-state index in [1.165, 1.54) is 0 Å². The normalized spacial score (nSPS) is 12.2. The minimum absolute atomic E-state index is 0.0910. The zero-order chi connectivity index (χ0) is 13.2. The Kier molecular flexibility index (Phi) is 7.64. The van der Waals surface area contributed by atoms with E-state index in [1.807, 2.05) is 24.3 Å². The zero-order valence-electron chi connectivity index (χ0n) is 10.5. The average molecular weight is 272 g/mol. The van der Waals surface area contributed by atoms with Crippen molar-refractivity contribution in [1.82, 2.24) is 0 Å². The lowest BCUT2D eigenvalue weighted by Gasteiger charge is -2.12. The van der Waals surface area contributed by atoms with Crippen LogP contribution in [-0.4, -0.2) is 48.1 Å². The second-order valence-corrected chi connectivity index (χ2v) is 5.12. The minimum Gasteiger partial charge on any atom is -0.497 e. The van der Waals surface area contributed by atoms with Crippen LogP contribution in [0.3, 0.4) is 0 Å². The SMILES string of the molecule is COc1ccc(OCCS[C@H](CO)CCO)cc1. The Balaban J connectivity index is 2.20. The number of rotatable bonds is 9. The van der Waals surface area contributed by atoms with Crippen molar-refractivity contribution < 1.29 is 19.7 Å². The maximum atomic E-state index is 9.04. The van der Waals surface area contributed by atoms with Gasteiger partial charge in [0.1, 0.15) is 11.5 Å². The second kappa shape index (κ2) is 9.08. The third-order valence-corrected chi connectivity index (χ3v) is 3.68. The van der Waals surface area contributed by atoms with Gasteiger partial charge in [0, 0.05) is 17.6 Å². The van der Waals surface area contributed by atoms with Crippen molar-refractivity contribution in [1.29, 1.82) is 0 Å². The summed E-state index contributed by atoms with van der Waals surface area (Å²) in [5.41, 5.74) is 0. The summed E-state index contributed by atoms with van der Waals surface area (Å²) in [6, 6.07) is 7.43. The predicted molar refractivity (Wildman–Crippen MR) is 73.5 cm³/mol. The van der Waals surface area contributed by atoms with Gasteiger partial charge < -0.3 is 19.7 Å². The number of methoxy groups -OCH3 is 1. The molecule has 0 aromatic heterocycles. The molecule has 0 saturated carbocycles. The van der Waals surface area contributed by atoms with Crippen molar-refractivity contribution in [3.8, 4) is 11.5 Å². The Labute approximate surface area is 112 Å². The van der Waals surface area contributed by atoms with Crippen molar-refractivity contribution in [3.05, 3.63) is 24.3 Å². The van der Waals surface area contributed by atoms with E-state index >= 15 is 0 Å². The smallest absolute Gasteiger partial charge is 0.119 e. The topological polar surface area (TPSA) is 58.9 Å². The summed E-state index contributed by atoms with van der Waals surface area (Å²) in [7, 11) is 1.63. The van der Waals surface area contributed by atoms with Gasteiger partial charge in [0.15, 0.2) is 0 Å². The molecule has 102 valence electrons. The number of ether oxygens (including phenoxy) is 2. The van der Waals surface area contributed by atoms with E-state index < -0.39 is 0 Å². The summed E-state index contributed by atoms with van der Waals surface area (Å²) in [6.45, 7) is 0.782. The molecule has 0 spiro atoms. The van der Waals surface area contributed by atoms with E-state index in [0.717, 1.165) is 17.3 Å². The van der Waals surface area contributed by atoms with Crippen LogP contribution in [0, 0.1) is 0 Å². The highest BCUT2D eigenvalue weighted by atomic mass is 32.2. The molecule has 0 bridgehead atoms. The summed E-state index contributed by atoms with van der Waals surface area (Å²) >= 11 is 1.61. The van der Waals surface area contributed by atoms with Crippen molar-refractivity contribution in [2.75, 3.05) is 32.7 Å². The number of hydrogen-bond acceptors (Lipinski definition) is 5. The van der Waals surface area contributed by atoms with Crippen LogP contribution in [0.1, 0.15) is 6.42 Å². The summed E-state index contributed by atoms with van der Waals surface area (Å²) < 4.78 is 10.6. The molecule has 0 aliphatic rings. The number of thioether (sulfide) groups is 1. The van der Waals surface area contributed by atoms with E-state index in [4.69, 9.17) is 19.7 Å². The van der Waals surface area contributed by atoms with Gasteiger partial charge in [-0.25, -0.2) is 0 Å². The molecule has 1 aromatic rings. The molecule has 0 saturated heterocycles. The Hall–Kier alpha value is -0.910. The van der Waals surface area contributed by atoms with Gasteiger partial charge in [-0.3, -0.25) is 0 Å². The van der Waals surface area contributed by atoms with Gasteiger partial charge in [-0.2, -0.15) is 11.8 Å². The first-order valence-electron chi connectivity index (χ1n) is 5.90. The molecule has 0 aliphatic heterocycles. The molecule has 0 unspecified atom stereocenters. The Morgan fingerprint density at radius 2 is 1.83 bits per heavy atom. The van der Waals surface area contributed by atoms with E-state index in [-0.39, 0.29) is 18.5 Å². The van der Waals surface area contributed by atoms with E-state index in [2.05, 4.69) is 0 Å². The number of aliphatic hydroxyl groups is 2. The Morgan fingerprint density at radius 3 is 2.39 bits per heavy atom. The second-order valence-electron chi connectivity index (χ2n) is 3.71. The zero-order valence-corrected chi connectivity index (χ0v) is 11.4. The highest BCUT2D eigenvalue weighted by Crippen LogP contribution is 2.18. The standard InChI is InChI=1S/C13H20O4S/c1-16-11-2-4-12(5-3-11)17-8-9-18-13(10-15)6-7-14/h2-5,13-15H,6-10H2,1H3/t13-/m0/s1. The molecule has 0 aliphatic carbocycles. The van der Waals surface area contributed by atoms with Gasteiger partial charge in [-0.1, -0.05) is 0 Å². The van der Waals surface area contributed by atoms with Crippen molar-refractivity contribution in [2.45, 2.75) is 11.7 Å². The van der Waals surface area contributed by atoms with Crippen molar-refractivity contribution in [2.24, 2.45) is 0 Å². The van der Waals surface area contributed by atoms with Gasteiger partial charge in [-0.15, -0.1) is 0 Å². The van der Waals surface area contributed by atoms with E-state index in [0.29, 0.717) is 13.0 Å². The summed E-state index contributed by atoms with van der Waals surface area (Å²) in [4.78, 5) is 0. The fraction of sp³-hybridized carbons (Fsp3) is 0.538. The molecule has 1 atom stereocenters. The number of benzene rings is 1. The summed E-state index contributed by atoms with van der Waals surface area (Å²) in [5.74, 6) is 2.40. The van der Waals surface area contributed by atoms with E-state index in [9.17, 15) is 0 Å². The van der Waals surface area contributed by atoms with Gasteiger partial charge in [-0.05, 0) is 30.7 Å². The number of aliphatic hydroxyl groups excluding tert-OH is 2. The molecular weight excluding hydrogens is 252 g/mol. The first-order valence-corrected chi connectivity index (χ1v) is 6.95. The minimum atomic E-state index is 0.0910. The molecule has 1 aromatic carbocycles. The maximum absolute atomic E-state index is 9.04. The molecule has 18 heavy (non-hydrogen) atoms. The lowest BCUT2D eigenvalue weighted by molar-refractivity contribution is 0.247. The van der Waals surface area contributed by atoms with Crippen LogP contribution in [0.4, 0.5) is 0 Å². The van der Waals surface area contributed by atoms with Crippen LogP contribution >= 0.6 is 11.8 Å². The third kappa shape index (κ3) is 5.62. The predicted octanol–water partition coefficient (Wildman–Crippen LogP) is 1.55. The maximum Gasteiger partial charge on any atom is 0.119 e. The highest BCUT2D eigenvalue weighted by molar-refractivity contribution is 7.99. The van der Waals surface area contributed by atoms with Crippen LogP contribution in [0.15, 0.2) is 24.3 Å². The average Bonchev–Trinajstić information content (AvgIpc) is 2.43. The molecular formula is C13H20O4S. The Bertz CT molecular complexity index is 315. The summed E-state index contributed by atoms with van der Waals surface area (Å²) in [5, 5.41) is 17.9.